The Balaban J connectivity index is 2.10. The zero-order chi connectivity index (χ0) is 16.1. The summed E-state index contributed by atoms with van der Waals surface area (Å²) in [5, 5.41) is 6.14. The van der Waals surface area contributed by atoms with Gasteiger partial charge in [0.05, 0.1) is 11.6 Å². The minimum absolute atomic E-state index is 0.0934. The lowest BCUT2D eigenvalue weighted by molar-refractivity contribution is 0.0955. The third kappa shape index (κ3) is 3.64. The summed E-state index contributed by atoms with van der Waals surface area (Å²) in [6.45, 7) is 8.87. The molecule has 2 N–H and O–H groups in total. The third-order valence-corrected chi connectivity index (χ3v) is 3.84. The molecule has 1 amide bonds. The molecule has 0 bridgehead atoms. The zero-order valence-electron chi connectivity index (χ0n) is 13.6. The standard InChI is InChI=1S/C18H23N3O/c1-5-19-18(22)15-9-10-17(20-11-15)21-14(4)16-8-6-7-12(2)13(16)3/h6-11,14H,5H2,1-4H3,(H,19,22)(H,20,21). The molecule has 0 fully saturated rings. The number of aromatic nitrogens is 1. The molecule has 0 aliphatic carbocycles. The van der Waals surface area contributed by atoms with Crippen LogP contribution in [0.5, 0.6) is 0 Å². The average molecular weight is 297 g/mol. The zero-order valence-corrected chi connectivity index (χ0v) is 13.6. The van der Waals surface area contributed by atoms with Crippen LogP contribution in [0.4, 0.5) is 5.82 Å². The number of pyridine rings is 1. The van der Waals surface area contributed by atoms with Crippen LogP contribution in [0.15, 0.2) is 36.5 Å². The number of benzene rings is 1. The number of carbonyl (C=O) groups excluding carboxylic acids is 1. The van der Waals surface area contributed by atoms with Crippen LogP contribution >= 0.6 is 0 Å². The van der Waals surface area contributed by atoms with E-state index in [9.17, 15) is 4.79 Å². The Hall–Kier alpha value is -2.36. The normalized spacial score (nSPS) is 11.8. The highest BCUT2D eigenvalue weighted by Crippen LogP contribution is 2.23. The van der Waals surface area contributed by atoms with Crippen molar-refractivity contribution in [3.05, 3.63) is 58.8 Å². The molecule has 116 valence electrons. The van der Waals surface area contributed by atoms with Gasteiger partial charge in [-0.05, 0) is 56.5 Å². The lowest BCUT2D eigenvalue weighted by Crippen LogP contribution is -2.22. The Kier molecular flexibility index (Phi) is 5.15. The van der Waals surface area contributed by atoms with Gasteiger partial charge in [-0.3, -0.25) is 4.79 Å². The van der Waals surface area contributed by atoms with Gasteiger partial charge in [-0.15, -0.1) is 0 Å². The molecule has 0 aliphatic rings. The average Bonchev–Trinajstić information content (AvgIpc) is 2.51. The predicted molar refractivity (Wildman–Crippen MR) is 90.2 cm³/mol. The molecule has 1 heterocycles. The fourth-order valence-corrected chi connectivity index (χ4v) is 2.42. The van der Waals surface area contributed by atoms with E-state index in [-0.39, 0.29) is 11.9 Å². The predicted octanol–water partition coefficient (Wildman–Crippen LogP) is 3.62. The molecule has 2 rings (SSSR count). The number of nitrogens with zero attached hydrogens (tertiary/aromatic N) is 1. The minimum atomic E-state index is -0.0934. The second-order valence-corrected chi connectivity index (χ2v) is 5.45. The molecule has 0 saturated carbocycles. The van der Waals surface area contributed by atoms with Crippen molar-refractivity contribution in [2.45, 2.75) is 33.7 Å². The molecule has 22 heavy (non-hydrogen) atoms. The van der Waals surface area contributed by atoms with Gasteiger partial charge in [0.2, 0.25) is 0 Å². The van der Waals surface area contributed by atoms with Crippen molar-refractivity contribution in [3.63, 3.8) is 0 Å². The van der Waals surface area contributed by atoms with E-state index in [0.717, 1.165) is 5.82 Å². The van der Waals surface area contributed by atoms with Crippen LogP contribution in [0.2, 0.25) is 0 Å². The van der Waals surface area contributed by atoms with Gasteiger partial charge in [-0.1, -0.05) is 18.2 Å². The molecule has 1 unspecified atom stereocenters. The monoisotopic (exact) mass is 297 g/mol. The summed E-state index contributed by atoms with van der Waals surface area (Å²) < 4.78 is 0. The summed E-state index contributed by atoms with van der Waals surface area (Å²) in [4.78, 5) is 16.0. The maximum absolute atomic E-state index is 11.7. The summed E-state index contributed by atoms with van der Waals surface area (Å²) in [6.07, 6.45) is 1.60. The highest BCUT2D eigenvalue weighted by molar-refractivity contribution is 5.93. The summed E-state index contributed by atoms with van der Waals surface area (Å²) in [5.41, 5.74) is 4.41. The van der Waals surface area contributed by atoms with Crippen molar-refractivity contribution in [1.29, 1.82) is 0 Å². The van der Waals surface area contributed by atoms with Crippen molar-refractivity contribution in [2.75, 3.05) is 11.9 Å². The van der Waals surface area contributed by atoms with Crippen LogP contribution in [0, 0.1) is 13.8 Å². The summed E-state index contributed by atoms with van der Waals surface area (Å²) in [6, 6.07) is 10.1. The third-order valence-electron chi connectivity index (χ3n) is 3.84. The first-order chi connectivity index (χ1) is 10.5. The molecule has 4 heteroatoms. The largest absolute Gasteiger partial charge is 0.364 e. The smallest absolute Gasteiger partial charge is 0.252 e. The van der Waals surface area contributed by atoms with E-state index in [2.05, 4.69) is 54.6 Å². The van der Waals surface area contributed by atoms with E-state index in [1.165, 1.54) is 16.7 Å². The highest BCUT2D eigenvalue weighted by atomic mass is 16.1. The molecule has 2 aromatic rings. The molecule has 1 atom stereocenters. The van der Waals surface area contributed by atoms with Gasteiger partial charge in [0.25, 0.3) is 5.91 Å². The fraction of sp³-hybridized carbons (Fsp3) is 0.333. The maximum Gasteiger partial charge on any atom is 0.252 e. The van der Waals surface area contributed by atoms with E-state index >= 15 is 0 Å². The topological polar surface area (TPSA) is 54.0 Å². The SMILES string of the molecule is CCNC(=O)c1ccc(NC(C)c2cccc(C)c2C)nc1. The first-order valence-electron chi connectivity index (χ1n) is 7.59. The van der Waals surface area contributed by atoms with E-state index in [1.54, 1.807) is 12.3 Å². The van der Waals surface area contributed by atoms with Crippen LogP contribution in [0.3, 0.4) is 0 Å². The Labute approximate surface area is 132 Å². The van der Waals surface area contributed by atoms with Crippen molar-refractivity contribution >= 4 is 11.7 Å². The Morgan fingerprint density at radius 2 is 2.00 bits per heavy atom. The lowest BCUT2D eigenvalue weighted by Gasteiger charge is -2.18. The van der Waals surface area contributed by atoms with Crippen LogP contribution in [0.25, 0.3) is 0 Å². The van der Waals surface area contributed by atoms with E-state index < -0.39 is 0 Å². The van der Waals surface area contributed by atoms with Gasteiger partial charge in [0, 0.05) is 12.7 Å². The van der Waals surface area contributed by atoms with E-state index in [4.69, 9.17) is 0 Å². The van der Waals surface area contributed by atoms with Crippen molar-refractivity contribution in [3.8, 4) is 0 Å². The fourth-order valence-electron chi connectivity index (χ4n) is 2.42. The lowest BCUT2D eigenvalue weighted by atomic mass is 9.98. The molecule has 1 aromatic carbocycles. The van der Waals surface area contributed by atoms with Gasteiger partial charge >= 0.3 is 0 Å². The Morgan fingerprint density at radius 3 is 2.64 bits per heavy atom. The van der Waals surface area contributed by atoms with E-state index in [1.807, 2.05) is 13.0 Å². The number of nitrogens with one attached hydrogen (secondary N) is 2. The maximum atomic E-state index is 11.7. The molecule has 0 spiro atoms. The number of hydrogen-bond donors (Lipinski definition) is 2. The molecule has 1 aromatic heterocycles. The number of aryl methyl sites for hydroxylation is 1. The second kappa shape index (κ2) is 7.07. The van der Waals surface area contributed by atoms with Crippen LogP contribution in [-0.4, -0.2) is 17.4 Å². The number of carbonyl (C=O) groups is 1. The molecule has 4 nitrogen and oxygen atoms in total. The van der Waals surface area contributed by atoms with Gasteiger partial charge < -0.3 is 10.6 Å². The number of anilines is 1. The van der Waals surface area contributed by atoms with Gasteiger partial charge in [0.1, 0.15) is 5.82 Å². The van der Waals surface area contributed by atoms with Crippen LogP contribution in [-0.2, 0) is 0 Å². The summed E-state index contributed by atoms with van der Waals surface area (Å²) in [5.74, 6) is 0.672. The van der Waals surface area contributed by atoms with Gasteiger partial charge in [0.15, 0.2) is 0 Å². The Bertz CT molecular complexity index is 650. The minimum Gasteiger partial charge on any atom is -0.364 e. The van der Waals surface area contributed by atoms with Gasteiger partial charge in [-0.25, -0.2) is 4.98 Å². The molecular weight excluding hydrogens is 274 g/mol. The number of hydrogen-bond acceptors (Lipinski definition) is 3. The molecule has 0 aliphatic heterocycles. The van der Waals surface area contributed by atoms with Crippen molar-refractivity contribution in [1.82, 2.24) is 10.3 Å². The second-order valence-electron chi connectivity index (χ2n) is 5.45. The first-order valence-corrected chi connectivity index (χ1v) is 7.59. The molecule has 0 saturated heterocycles. The number of rotatable bonds is 5. The first kappa shape index (κ1) is 16.0. The molecular formula is C18H23N3O. The van der Waals surface area contributed by atoms with E-state index in [0.29, 0.717) is 12.1 Å². The van der Waals surface area contributed by atoms with Crippen molar-refractivity contribution < 1.29 is 4.79 Å². The number of amides is 1. The van der Waals surface area contributed by atoms with Crippen LogP contribution in [0.1, 0.15) is 46.9 Å². The quantitative estimate of drug-likeness (QED) is 0.886. The van der Waals surface area contributed by atoms with Crippen molar-refractivity contribution in [2.24, 2.45) is 0 Å². The summed E-state index contributed by atoms with van der Waals surface area (Å²) >= 11 is 0. The summed E-state index contributed by atoms with van der Waals surface area (Å²) in [7, 11) is 0. The Morgan fingerprint density at radius 1 is 1.23 bits per heavy atom. The highest BCUT2D eigenvalue weighted by Gasteiger charge is 2.11. The molecule has 0 radical (unpaired) electrons. The van der Waals surface area contributed by atoms with Crippen LogP contribution < -0.4 is 10.6 Å². The van der Waals surface area contributed by atoms with Gasteiger partial charge in [-0.2, -0.15) is 0 Å².